The molecule has 1 rings (SSSR count). The Labute approximate surface area is 96.6 Å². The van der Waals surface area contributed by atoms with Gasteiger partial charge in [0.2, 0.25) is 11.7 Å². The fraction of sp³-hybridized carbons (Fsp3) is 0.818. The summed E-state index contributed by atoms with van der Waals surface area (Å²) in [6, 6.07) is 0. The summed E-state index contributed by atoms with van der Waals surface area (Å²) in [5.74, 6) is 1.28. The molecule has 0 spiro atoms. The smallest absolute Gasteiger partial charge is 0.240 e. The average molecular weight is 227 g/mol. The first-order valence-electron chi connectivity index (χ1n) is 5.87. The molecule has 1 unspecified atom stereocenters. The molecule has 0 radical (unpaired) electrons. The zero-order chi connectivity index (χ0) is 11.8. The van der Waals surface area contributed by atoms with Crippen molar-refractivity contribution in [1.82, 2.24) is 15.5 Å². The lowest BCUT2D eigenvalue weighted by atomic mass is 10.2. The zero-order valence-electron chi connectivity index (χ0n) is 10.3. The SMILES string of the molecule is CCCNCc1nc(C(CCC)OC)no1. The van der Waals surface area contributed by atoms with Crippen LogP contribution in [0.25, 0.3) is 0 Å². The largest absolute Gasteiger partial charge is 0.373 e. The predicted octanol–water partition coefficient (Wildman–Crippen LogP) is 2.06. The molecule has 0 saturated carbocycles. The third-order valence-electron chi connectivity index (χ3n) is 2.31. The van der Waals surface area contributed by atoms with E-state index < -0.39 is 0 Å². The van der Waals surface area contributed by atoms with Crippen LogP contribution in [0.1, 0.15) is 50.9 Å². The molecule has 5 nitrogen and oxygen atoms in total. The fourth-order valence-electron chi connectivity index (χ4n) is 1.46. The molecule has 0 amide bonds. The molecular formula is C11H21N3O2. The van der Waals surface area contributed by atoms with Crippen LogP contribution in [0.5, 0.6) is 0 Å². The predicted molar refractivity (Wildman–Crippen MR) is 61.0 cm³/mol. The van der Waals surface area contributed by atoms with Crippen LogP contribution in [0.15, 0.2) is 4.52 Å². The average Bonchev–Trinajstić information content (AvgIpc) is 2.75. The van der Waals surface area contributed by atoms with Gasteiger partial charge in [-0.25, -0.2) is 0 Å². The Hall–Kier alpha value is -0.940. The maximum atomic E-state index is 5.31. The molecule has 92 valence electrons. The highest BCUT2D eigenvalue weighted by Gasteiger charge is 2.16. The number of hydrogen-bond donors (Lipinski definition) is 1. The van der Waals surface area contributed by atoms with E-state index in [0.717, 1.165) is 25.8 Å². The van der Waals surface area contributed by atoms with Crippen molar-refractivity contribution in [3.05, 3.63) is 11.7 Å². The van der Waals surface area contributed by atoms with Crippen molar-refractivity contribution in [2.45, 2.75) is 45.8 Å². The van der Waals surface area contributed by atoms with Crippen LogP contribution >= 0.6 is 0 Å². The molecule has 5 heteroatoms. The van der Waals surface area contributed by atoms with E-state index in [1.165, 1.54) is 0 Å². The van der Waals surface area contributed by atoms with E-state index in [9.17, 15) is 0 Å². The van der Waals surface area contributed by atoms with Crippen molar-refractivity contribution in [1.29, 1.82) is 0 Å². The zero-order valence-corrected chi connectivity index (χ0v) is 10.3. The molecule has 0 aliphatic carbocycles. The molecule has 0 bridgehead atoms. The molecular weight excluding hydrogens is 206 g/mol. The Bertz CT molecular complexity index is 289. The van der Waals surface area contributed by atoms with Crippen molar-refractivity contribution < 1.29 is 9.26 Å². The first-order chi connectivity index (χ1) is 7.81. The summed E-state index contributed by atoms with van der Waals surface area (Å²) in [7, 11) is 1.67. The Kier molecular flexibility index (Phi) is 6.03. The summed E-state index contributed by atoms with van der Waals surface area (Å²) in [6.45, 7) is 5.81. The van der Waals surface area contributed by atoms with Gasteiger partial charge < -0.3 is 14.6 Å². The van der Waals surface area contributed by atoms with Gasteiger partial charge in [0.15, 0.2) is 0 Å². The van der Waals surface area contributed by atoms with Crippen molar-refractivity contribution >= 4 is 0 Å². The fourth-order valence-corrected chi connectivity index (χ4v) is 1.46. The minimum atomic E-state index is -0.0475. The summed E-state index contributed by atoms with van der Waals surface area (Å²) in [4.78, 5) is 4.31. The van der Waals surface area contributed by atoms with Crippen LogP contribution in [0, 0.1) is 0 Å². The second-order valence-corrected chi connectivity index (χ2v) is 3.74. The van der Waals surface area contributed by atoms with E-state index >= 15 is 0 Å². The van der Waals surface area contributed by atoms with Crippen LogP contribution in [0.2, 0.25) is 0 Å². The van der Waals surface area contributed by atoms with Crippen molar-refractivity contribution in [2.75, 3.05) is 13.7 Å². The maximum absolute atomic E-state index is 5.31. The first kappa shape index (κ1) is 13.1. The van der Waals surface area contributed by atoms with E-state index in [2.05, 4.69) is 29.3 Å². The molecule has 1 aromatic rings. The number of ether oxygens (including phenoxy) is 1. The topological polar surface area (TPSA) is 60.2 Å². The van der Waals surface area contributed by atoms with Crippen molar-refractivity contribution in [2.24, 2.45) is 0 Å². The lowest BCUT2D eigenvalue weighted by Gasteiger charge is -2.08. The molecule has 1 aromatic heterocycles. The van der Waals surface area contributed by atoms with Gasteiger partial charge in [0.25, 0.3) is 0 Å². The Morgan fingerprint density at radius 1 is 1.38 bits per heavy atom. The molecule has 16 heavy (non-hydrogen) atoms. The van der Waals surface area contributed by atoms with Gasteiger partial charge in [-0.15, -0.1) is 0 Å². The summed E-state index contributed by atoms with van der Waals surface area (Å²) in [5, 5.41) is 7.15. The van der Waals surface area contributed by atoms with Crippen molar-refractivity contribution in [3.8, 4) is 0 Å². The van der Waals surface area contributed by atoms with Gasteiger partial charge in [-0.1, -0.05) is 25.4 Å². The molecule has 0 aromatic carbocycles. The van der Waals surface area contributed by atoms with Crippen LogP contribution in [-0.2, 0) is 11.3 Å². The van der Waals surface area contributed by atoms with Crippen LogP contribution in [-0.4, -0.2) is 23.8 Å². The highest BCUT2D eigenvalue weighted by atomic mass is 16.5. The molecule has 0 fully saturated rings. The minimum Gasteiger partial charge on any atom is -0.373 e. The number of hydrogen-bond acceptors (Lipinski definition) is 5. The summed E-state index contributed by atoms with van der Waals surface area (Å²) in [5.41, 5.74) is 0. The molecule has 1 heterocycles. The highest BCUT2D eigenvalue weighted by Crippen LogP contribution is 2.18. The van der Waals surface area contributed by atoms with E-state index in [4.69, 9.17) is 9.26 Å². The van der Waals surface area contributed by atoms with Gasteiger partial charge in [-0.3, -0.25) is 0 Å². The van der Waals surface area contributed by atoms with Gasteiger partial charge in [0.05, 0.1) is 6.54 Å². The maximum Gasteiger partial charge on any atom is 0.240 e. The van der Waals surface area contributed by atoms with Gasteiger partial charge >= 0.3 is 0 Å². The number of nitrogens with one attached hydrogen (secondary N) is 1. The number of methoxy groups -OCH3 is 1. The first-order valence-corrected chi connectivity index (χ1v) is 5.87. The van der Waals surface area contributed by atoms with Gasteiger partial charge in [-0.2, -0.15) is 4.98 Å². The Morgan fingerprint density at radius 2 is 2.19 bits per heavy atom. The Balaban J connectivity index is 2.48. The van der Waals surface area contributed by atoms with Crippen LogP contribution < -0.4 is 5.32 Å². The molecule has 1 atom stereocenters. The second kappa shape index (κ2) is 7.35. The van der Waals surface area contributed by atoms with E-state index in [1.54, 1.807) is 7.11 Å². The van der Waals surface area contributed by atoms with Crippen LogP contribution in [0.4, 0.5) is 0 Å². The van der Waals surface area contributed by atoms with E-state index in [1.807, 2.05) is 0 Å². The molecule has 1 N–H and O–H groups in total. The van der Waals surface area contributed by atoms with Gasteiger partial charge in [-0.05, 0) is 19.4 Å². The number of aromatic nitrogens is 2. The monoisotopic (exact) mass is 227 g/mol. The lowest BCUT2D eigenvalue weighted by Crippen LogP contribution is -2.14. The van der Waals surface area contributed by atoms with E-state index in [-0.39, 0.29) is 6.10 Å². The third-order valence-corrected chi connectivity index (χ3v) is 2.31. The Morgan fingerprint density at radius 3 is 2.81 bits per heavy atom. The third kappa shape index (κ3) is 3.90. The van der Waals surface area contributed by atoms with E-state index in [0.29, 0.717) is 18.3 Å². The summed E-state index contributed by atoms with van der Waals surface area (Å²) in [6.07, 6.45) is 3.00. The molecule has 0 saturated heterocycles. The summed E-state index contributed by atoms with van der Waals surface area (Å²) < 4.78 is 10.4. The number of nitrogens with zero attached hydrogens (tertiary/aromatic N) is 2. The summed E-state index contributed by atoms with van der Waals surface area (Å²) >= 11 is 0. The molecule has 0 aliphatic rings. The standard InChI is InChI=1S/C11H21N3O2/c1-4-6-9(15-3)11-13-10(16-14-11)8-12-7-5-2/h9,12H,4-8H2,1-3H3. The second-order valence-electron chi connectivity index (χ2n) is 3.74. The van der Waals surface area contributed by atoms with Crippen molar-refractivity contribution in [3.63, 3.8) is 0 Å². The van der Waals surface area contributed by atoms with Crippen LogP contribution in [0.3, 0.4) is 0 Å². The minimum absolute atomic E-state index is 0.0475. The normalized spacial score (nSPS) is 12.9. The van der Waals surface area contributed by atoms with Gasteiger partial charge in [0, 0.05) is 7.11 Å². The quantitative estimate of drug-likeness (QED) is 0.689. The molecule has 0 aliphatic heterocycles. The highest BCUT2D eigenvalue weighted by molar-refractivity contribution is 4.91. The number of rotatable bonds is 8. The lowest BCUT2D eigenvalue weighted by molar-refractivity contribution is 0.0854. The van der Waals surface area contributed by atoms with Gasteiger partial charge in [0.1, 0.15) is 6.10 Å².